The van der Waals surface area contributed by atoms with E-state index in [1.807, 2.05) is 32.0 Å². The fourth-order valence-electron chi connectivity index (χ4n) is 3.35. The summed E-state index contributed by atoms with van der Waals surface area (Å²) in [5, 5.41) is 11.3. The lowest BCUT2D eigenvalue weighted by Gasteiger charge is -2.22. The Kier molecular flexibility index (Phi) is 5.09. The van der Waals surface area contributed by atoms with Gasteiger partial charge in [-0.25, -0.2) is 0 Å². The van der Waals surface area contributed by atoms with Crippen molar-refractivity contribution in [3.8, 4) is 0 Å². The number of aromatic nitrogens is 3. The second-order valence-electron chi connectivity index (χ2n) is 7.01. The lowest BCUT2D eigenvalue weighted by atomic mass is 10.2. The number of furan rings is 1. The molecule has 27 heavy (non-hydrogen) atoms. The van der Waals surface area contributed by atoms with Gasteiger partial charge in [0.25, 0.3) is 5.91 Å². The number of hydrogen-bond acceptors (Lipinski definition) is 6. The third kappa shape index (κ3) is 3.96. The normalized spacial score (nSPS) is 17.7. The number of rotatable bonds is 6. The molecule has 0 bridgehead atoms. The minimum absolute atomic E-state index is 0.141. The van der Waals surface area contributed by atoms with E-state index in [1.165, 1.54) is 4.88 Å². The molecular weight excluding hydrogens is 362 g/mol. The van der Waals surface area contributed by atoms with Gasteiger partial charge in [-0.2, -0.15) is 9.90 Å². The molecule has 142 valence electrons. The van der Waals surface area contributed by atoms with Crippen molar-refractivity contribution in [3.05, 3.63) is 52.2 Å². The van der Waals surface area contributed by atoms with Crippen LogP contribution in [-0.2, 0) is 6.54 Å². The highest BCUT2D eigenvalue weighted by molar-refractivity contribution is 7.14. The monoisotopic (exact) mass is 385 g/mol. The summed E-state index contributed by atoms with van der Waals surface area (Å²) in [6, 6.07) is 8.38. The Hall–Kier alpha value is -2.45. The summed E-state index contributed by atoms with van der Waals surface area (Å²) in [5.41, 5.74) is 0. The topological polar surface area (TPSA) is 76.2 Å². The van der Waals surface area contributed by atoms with E-state index < -0.39 is 0 Å². The van der Waals surface area contributed by atoms with Crippen LogP contribution < -0.4 is 5.32 Å². The first-order valence-electron chi connectivity index (χ1n) is 9.19. The van der Waals surface area contributed by atoms with Crippen molar-refractivity contribution >= 4 is 23.1 Å². The summed E-state index contributed by atoms with van der Waals surface area (Å²) in [7, 11) is 0. The molecule has 1 fully saturated rings. The minimum Gasteiger partial charge on any atom is -0.468 e. The fraction of sp³-hybridized carbons (Fsp3) is 0.421. The van der Waals surface area contributed by atoms with Crippen LogP contribution in [0, 0.1) is 0 Å². The molecule has 1 atom stereocenters. The van der Waals surface area contributed by atoms with Gasteiger partial charge in [-0.1, -0.05) is 0 Å². The average molecular weight is 385 g/mol. The molecule has 1 unspecified atom stereocenters. The van der Waals surface area contributed by atoms with Crippen molar-refractivity contribution in [3.63, 3.8) is 0 Å². The van der Waals surface area contributed by atoms with Crippen LogP contribution in [0.3, 0.4) is 0 Å². The van der Waals surface area contributed by atoms with E-state index in [1.54, 1.807) is 28.6 Å². The number of nitrogens with one attached hydrogen (secondary N) is 1. The van der Waals surface area contributed by atoms with Gasteiger partial charge in [-0.3, -0.25) is 9.69 Å². The largest absolute Gasteiger partial charge is 0.468 e. The maximum atomic E-state index is 12.6. The van der Waals surface area contributed by atoms with Crippen molar-refractivity contribution < 1.29 is 9.21 Å². The first-order chi connectivity index (χ1) is 13.1. The Morgan fingerprint density at radius 2 is 2.30 bits per heavy atom. The van der Waals surface area contributed by atoms with Crippen LogP contribution >= 0.6 is 11.3 Å². The van der Waals surface area contributed by atoms with Crippen molar-refractivity contribution in [2.45, 2.75) is 45.3 Å². The van der Waals surface area contributed by atoms with Crippen LogP contribution in [0.1, 0.15) is 59.1 Å². The Morgan fingerprint density at radius 3 is 3.04 bits per heavy atom. The Balaban J connectivity index is 1.43. The standard InChI is InChI=1S/C19H23N5O2S/c1-13(2)24-20-11-18(22-24)21-19(25)17-8-7-16(27-17)15-6-3-9-23(15)12-14-5-4-10-26-14/h4-5,7-8,10-11,13,15H,3,6,9,12H2,1-2H3,(H,21,22,25). The Bertz CT molecular complexity index is 899. The summed E-state index contributed by atoms with van der Waals surface area (Å²) in [4.78, 5) is 18.5. The van der Waals surface area contributed by atoms with Gasteiger partial charge < -0.3 is 9.73 Å². The van der Waals surface area contributed by atoms with Crippen LogP contribution in [0.4, 0.5) is 5.82 Å². The van der Waals surface area contributed by atoms with E-state index in [4.69, 9.17) is 4.42 Å². The number of thiophene rings is 1. The lowest BCUT2D eigenvalue weighted by Crippen LogP contribution is -2.21. The van der Waals surface area contributed by atoms with Gasteiger partial charge in [0.15, 0.2) is 5.82 Å². The third-order valence-corrected chi connectivity index (χ3v) is 5.88. The molecule has 1 saturated heterocycles. The van der Waals surface area contributed by atoms with Crippen molar-refractivity contribution in [2.24, 2.45) is 0 Å². The lowest BCUT2D eigenvalue weighted by molar-refractivity contribution is 0.103. The number of carbonyl (C=O) groups is 1. The zero-order chi connectivity index (χ0) is 18.8. The Labute approximate surface area is 162 Å². The van der Waals surface area contributed by atoms with Crippen LogP contribution in [0.25, 0.3) is 0 Å². The van der Waals surface area contributed by atoms with Crippen molar-refractivity contribution in [1.82, 2.24) is 19.9 Å². The molecule has 3 aromatic rings. The molecule has 0 radical (unpaired) electrons. The molecule has 4 heterocycles. The predicted octanol–water partition coefficient (Wildman–Crippen LogP) is 4.10. The van der Waals surface area contributed by atoms with Crippen LogP contribution in [0.2, 0.25) is 0 Å². The van der Waals surface area contributed by atoms with Gasteiger partial charge in [0.05, 0.1) is 29.9 Å². The van der Waals surface area contributed by atoms with Gasteiger partial charge in [-0.05, 0) is 57.5 Å². The molecule has 3 aromatic heterocycles. The molecule has 4 rings (SSSR count). The predicted molar refractivity (Wildman–Crippen MR) is 104 cm³/mol. The highest BCUT2D eigenvalue weighted by Gasteiger charge is 2.28. The number of carbonyl (C=O) groups excluding carboxylic acids is 1. The summed E-state index contributed by atoms with van der Waals surface area (Å²) in [6.45, 7) is 5.83. The van der Waals surface area contributed by atoms with E-state index in [2.05, 4.69) is 26.5 Å². The van der Waals surface area contributed by atoms with E-state index in [0.717, 1.165) is 31.7 Å². The van der Waals surface area contributed by atoms with E-state index in [0.29, 0.717) is 16.7 Å². The number of amides is 1. The summed E-state index contributed by atoms with van der Waals surface area (Å²) in [5.74, 6) is 1.31. The van der Waals surface area contributed by atoms with Crippen LogP contribution in [0.15, 0.2) is 41.1 Å². The fourth-order valence-corrected chi connectivity index (χ4v) is 4.43. The average Bonchev–Trinajstić information content (AvgIpc) is 3.43. The van der Waals surface area contributed by atoms with E-state index in [-0.39, 0.29) is 11.9 Å². The highest BCUT2D eigenvalue weighted by Crippen LogP contribution is 2.37. The van der Waals surface area contributed by atoms with Gasteiger partial charge in [0, 0.05) is 10.9 Å². The van der Waals surface area contributed by atoms with Gasteiger partial charge in [-0.15, -0.1) is 16.4 Å². The number of anilines is 1. The maximum Gasteiger partial charge on any atom is 0.266 e. The summed E-state index contributed by atoms with van der Waals surface area (Å²) < 4.78 is 5.49. The molecule has 0 spiro atoms. The second-order valence-corrected chi connectivity index (χ2v) is 8.12. The first kappa shape index (κ1) is 17.9. The van der Waals surface area contributed by atoms with Gasteiger partial charge in [0.1, 0.15) is 5.76 Å². The number of hydrogen-bond donors (Lipinski definition) is 1. The van der Waals surface area contributed by atoms with Crippen LogP contribution in [0.5, 0.6) is 0 Å². The molecule has 1 amide bonds. The third-order valence-electron chi connectivity index (χ3n) is 4.69. The van der Waals surface area contributed by atoms with Gasteiger partial charge >= 0.3 is 0 Å². The number of nitrogens with zero attached hydrogens (tertiary/aromatic N) is 4. The zero-order valence-electron chi connectivity index (χ0n) is 15.5. The van der Waals surface area contributed by atoms with Crippen molar-refractivity contribution in [2.75, 3.05) is 11.9 Å². The van der Waals surface area contributed by atoms with E-state index >= 15 is 0 Å². The summed E-state index contributed by atoms with van der Waals surface area (Å²) >= 11 is 1.55. The molecule has 0 saturated carbocycles. The first-order valence-corrected chi connectivity index (χ1v) is 10.0. The maximum absolute atomic E-state index is 12.6. The molecule has 0 aromatic carbocycles. The molecule has 1 aliphatic rings. The van der Waals surface area contributed by atoms with E-state index in [9.17, 15) is 4.79 Å². The van der Waals surface area contributed by atoms with Gasteiger partial charge in [0.2, 0.25) is 0 Å². The molecular formula is C19H23N5O2S. The molecule has 1 N–H and O–H groups in total. The number of likely N-dealkylation sites (tertiary alicyclic amines) is 1. The zero-order valence-corrected chi connectivity index (χ0v) is 16.3. The molecule has 1 aliphatic heterocycles. The molecule has 0 aliphatic carbocycles. The molecule has 7 nitrogen and oxygen atoms in total. The summed E-state index contributed by atoms with van der Waals surface area (Å²) in [6.07, 6.45) is 5.55. The van der Waals surface area contributed by atoms with Crippen LogP contribution in [-0.4, -0.2) is 32.3 Å². The Morgan fingerprint density at radius 1 is 1.41 bits per heavy atom. The highest BCUT2D eigenvalue weighted by atomic mass is 32.1. The molecule has 8 heteroatoms. The quantitative estimate of drug-likeness (QED) is 0.691. The minimum atomic E-state index is -0.141. The smallest absolute Gasteiger partial charge is 0.266 e. The SMILES string of the molecule is CC(C)n1ncc(NC(=O)c2ccc(C3CCCN3Cc3ccco3)s2)n1. The van der Waals surface area contributed by atoms with Crippen molar-refractivity contribution in [1.29, 1.82) is 0 Å². The second kappa shape index (κ2) is 7.66.